The second-order valence-electron chi connectivity index (χ2n) is 6.27. The first-order valence-corrected chi connectivity index (χ1v) is 8.68. The fraction of sp³-hybridized carbons (Fsp3) is 0.611. The van der Waals surface area contributed by atoms with Crippen molar-refractivity contribution in [3.63, 3.8) is 0 Å². The minimum Gasteiger partial charge on any atom is -0.480 e. The average Bonchev–Trinajstić information content (AvgIpc) is 2.59. The van der Waals surface area contributed by atoms with Crippen LogP contribution in [0.3, 0.4) is 0 Å². The van der Waals surface area contributed by atoms with Crippen LogP contribution in [0.15, 0.2) is 24.3 Å². The Morgan fingerprint density at radius 1 is 1.32 bits per heavy atom. The molecule has 1 N–H and O–H groups in total. The number of amides is 1. The molecule has 0 saturated carbocycles. The van der Waals surface area contributed by atoms with Gasteiger partial charge in [0.1, 0.15) is 5.75 Å². The molecule has 4 nitrogen and oxygen atoms in total. The number of nitrogens with zero attached hydrogens (tertiary/aromatic N) is 1. The molecule has 1 aliphatic heterocycles. The van der Waals surface area contributed by atoms with Gasteiger partial charge in [-0.05, 0) is 51.4 Å². The highest BCUT2D eigenvalue weighted by atomic mass is 19.4. The number of para-hydroxylation sites is 1. The van der Waals surface area contributed by atoms with Crippen LogP contribution in [0.4, 0.5) is 13.2 Å². The Bertz CT molecular complexity index is 572. The first-order chi connectivity index (χ1) is 11.8. The van der Waals surface area contributed by atoms with E-state index in [0.29, 0.717) is 6.54 Å². The number of hydrogen-bond donors (Lipinski definition) is 1. The third-order valence-electron chi connectivity index (χ3n) is 4.34. The molecule has 0 aliphatic carbocycles. The zero-order valence-corrected chi connectivity index (χ0v) is 14.6. The Morgan fingerprint density at radius 3 is 2.56 bits per heavy atom. The number of carbonyl (C=O) groups excluding carboxylic acids is 1. The summed E-state index contributed by atoms with van der Waals surface area (Å²) in [4.78, 5) is 14.6. The van der Waals surface area contributed by atoms with E-state index in [9.17, 15) is 18.0 Å². The molecule has 1 amide bonds. The summed E-state index contributed by atoms with van der Waals surface area (Å²) in [6.07, 6.45) is -3.00. The lowest BCUT2D eigenvalue weighted by Gasteiger charge is -2.36. The fourth-order valence-corrected chi connectivity index (χ4v) is 3.11. The van der Waals surface area contributed by atoms with Crippen molar-refractivity contribution < 1.29 is 22.7 Å². The van der Waals surface area contributed by atoms with Gasteiger partial charge in [-0.3, -0.25) is 4.79 Å². The molecule has 0 radical (unpaired) electrons. The second kappa shape index (κ2) is 8.56. The van der Waals surface area contributed by atoms with Crippen LogP contribution in [-0.4, -0.2) is 42.6 Å². The van der Waals surface area contributed by atoms with E-state index in [1.165, 1.54) is 25.1 Å². The summed E-state index contributed by atoms with van der Waals surface area (Å²) < 4.78 is 44.7. The first-order valence-electron chi connectivity index (χ1n) is 8.68. The maximum atomic E-state index is 13.1. The highest BCUT2D eigenvalue weighted by Crippen LogP contribution is 2.36. The molecular formula is C18H25F3N2O2. The van der Waals surface area contributed by atoms with Crippen LogP contribution in [0.2, 0.25) is 0 Å². The predicted molar refractivity (Wildman–Crippen MR) is 89.4 cm³/mol. The molecule has 1 heterocycles. The zero-order chi connectivity index (χ0) is 18.4. The molecule has 1 saturated heterocycles. The smallest absolute Gasteiger partial charge is 0.419 e. The number of alkyl halides is 3. The number of piperidine rings is 1. The number of benzene rings is 1. The summed E-state index contributed by atoms with van der Waals surface area (Å²) in [5, 5.41) is 3.25. The van der Waals surface area contributed by atoms with Crippen molar-refractivity contribution >= 4 is 5.91 Å². The van der Waals surface area contributed by atoms with Crippen LogP contribution in [0.1, 0.15) is 38.7 Å². The molecule has 1 fully saturated rings. The molecular weight excluding hydrogens is 333 g/mol. The predicted octanol–water partition coefficient (Wildman–Crippen LogP) is 3.46. The molecule has 140 valence electrons. The molecule has 25 heavy (non-hydrogen) atoms. The van der Waals surface area contributed by atoms with Gasteiger partial charge in [-0.25, -0.2) is 0 Å². The maximum Gasteiger partial charge on any atom is 0.419 e. The van der Waals surface area contributed by atoms with E-state index in [4.69, 9.17) is 4.74 Å². The fourth-order valence-electron chi connectivity index (χ4n) is 3.11. The summed E-state index contributed by atoms with van der Waals surface area (Å²) in [6, 6.07) is 5.10. The number of carbonyl (C=O) groups is 1. The average molecular weight is 358 g/mol. The first kappa shape index (κ1) is 19.6. The highest BCUT2D eigenvalue weighted by molar-refractivity contribution is 5.81. The summed E-state index contributed by atoms with van der Waals surface area (Å²) >= 11 is 0. The minimum absolute atomic E-state index is 0.109. The van der Waals surface area contributed by atoms with Gasteiger partial charge in [-0.15, -0.1) is 0 Å². The van der Waals surface area contributed by atoms with E-state index in [-0.39, 0.29) is 17.7 Å². The topological polar surface area (TPSA) is 41.6 Å². The number of halogens is 3. The van der Waals surface area contributed by atoms with Crippen LogP contribution in [0.25, 0.3) is 0 Å². The van der Waals surface area contributed by atoms with Crippen molar-refractivity contribution in [3.8, 4) is 5.75 Å². The van der Waals surface area contributed by atoms with E-state index in [1.54, 1.807) is 4.90 Å². The van der Waals surface area contributed by atoms with E-state index >= 15 is 0 Å². The van der Waals surface area contributed by atoms with Crippen molar-refractivity contribution in [2.75, 3.05) is 19.6 Å². The van der Waals surface area contributed by atoms with Crippen molar-refractivity contribution in [3.05, 3.63) is 29.8 Å². The lowest BCUT2D eigenvalue weighted by atomic mass is 10.0. The van der Waals surface area contributed by atoms with Crippen molar-refractivity contribution in [1.29, 1.82) is 0 Å². The maximum absolute atomic E-state index is 13.1. The van der Waals surface area contributed by atoms with Crippen LogP contribution >= 0.6 is 0 Å². The van der Waals surface area contributed by atoms with E-state index < -0.39 is 17.8 Å². The Morgan fingerprint density at radius 2 is 1.96 bits per heavy atom. The third-order valence-corrected chi connectivity index (χ3v) is 4.34. The summed E-state index contributed by atoms with van der Waals surface area (Å²) in [6.45, 7) is 5.75. The molecule has 0 aromatic heterocycles. The summed E-state index contributed by atoms with van der Waals surface area (Å²) in [5.41, 5.74) is -0.862. The van der Waals surface area contributed by atoms with Gasteiger partial charge in [0.2, 0.25) is 0 Å². The van der Waals surface area contributed by atoms with Gasteiger partial charge in [-0.2, -0.15) is 13.2 Å². The van der Waals surface area contributed by atoms with Gasteiger partial charge in [0.25, 0.3) is 5.91 Å². The second-order valence-corrected chi connectivity index (χ2v) is 6.27. The Hall–Kier alpha value is -1.76. The molecule has 0 spiro atoms. The van der Waals surface area contributed by atoms with E-state index in [0.717, 1.165) is 38.4 Å². The lowest BCUT2D eigenvalue weighted by Crippen LogP contribution is -2.50. The van der Waals surface area contributed by atoms with Crippen LogP contribution in [-0.2, 0) is 11.0 Å². The molecule has 1 atom stereocenters. The Balaban J connectivity index is 2.13. The summed E-state index contributed by atoms with van der Waals surface area (Å²) in [5.74, 6) is -0.566. The quantitative estimate of drug-likeness (QED) is 0.847. The van der Waals surface area contributed by atoms with Crippen LogP contribution in [0.5, 0.6) is 5.75 Å². The molecule has 0 bridgehead atoms. The minimum atomic E-state index is -4.52. The van der Waals surface area contributed by atoms with E-state index in [1.807, 2.05) is 6.92 Å². The highest BCUT2D eigenvalue weighted by Gasteiger charge is 2.35. The number of nitrogens with one attached hydrogen (secondary N) is 1. The zero-order valence-electron chi connectivity index (χ0n) is 14.6. The van der Waals surface area contributed by atoms with Gasteiger partial charge < -0.3 is 15.0 Å². The number of hydrogen-bond acceptors (Lipinski definition) is 3. The third kappa shape index (κ3) is 5.11. The van der Waals surface area contributed by atoms with Gasteiger partial charge in [0.15, 0.2) is 6.10 Å². The standard InChI is InChI=1S/C18H25F3N2O2/c1-3-12-23(14-8-10-22-11-9-14)17(24)13(2)25-16-7-5-4-6-15(16)18(19,20)21/h4-7,13-14,22H,3,8-12H2,1-2H3. The normalized spacial score (nSPS) is 17.2. The number of ether oxygens (including phenoxy) is 1. The largest absolute Gasteiger partial charge is 0.480 e. The van der Waals surface area contributed by atoms with Crippen molar-refractivity contribution in [2.24, 2.45) is 0 Å². The molecule has 1 aromatic carbocycles. The molecule has 1 aromatic rings. The van der Waals surface area contributed by atoms with Gasteiger partial charge in [0, 0.05) is 12.6 Å². The Labute approximate surface area is 146 Å². The molecule has 1 unspecified atom stereocenters. The number of rotatable bonds is 6. The van der Waals surface area contributed by atoms with Crippen LogP contribution in [0, 0.1) is 0 Å². The summed E-state index contributed by atoms with van der Waals surface area (Å²) in [7, 11) is 0. The monoisotopic (exact) mass is 358 g/mol. The molecule has 2 rings (SSSR count). The van der Waals surface area contributed by atoms with Crippen LogP contribution < -0.4 is 10.1 Å². The molecule has 1 aliphatic rings. The molecule has 7 heteroatoms. The van der Waals surface area contributed by atoms with Gasteiger partial charge in [0.05, 0.1) is 5.56 Å². The van der Waals surface area contributed by atoms with Gasteiger partial charge >= 0.3 is 6.18 Å². The lowest BCUT2D eigenvalue weighted by molar-refractivity contribution is -0.145. The van der Waals surface area contributed by atoms with Crippen molar-refractivity contribution in [1.82, 2.24) is 10.2 Å². The Kier molecular flexibility index (Phi) is 6.70. The van der Waals surface area contributed by atoms with E-state index in [2.05, 4.69) is 5.32 Å². The van der Waals surface area contributed by atoms with Crippen molar-refractivity contribution in [2.45, 2.75) is 51.4 Å². The van der Waals surface area contributed by atoms with Gasteiger partial charge in [-0.1, -0.05) is 19.1 Å². The SMILES string of the molecule is CCCN(C(=O)C(C)Oc1ccccc1C(F)(F)F)C1CCNCC1.